The summed E-state index contributed by atoms with van der Waals surface area (Å²) in [6.45, 7) is -0.0288. The third-order valence-corrected chi connectivity index (χ3v) is 5.47. The summed E-state index contributed by atoms with van der Waals surface area (Å²) >= 11 is 5.87. The number of hydrogen-bond acceptors (Lipinski definition) is 5. The average molecular weight is 427 g/mol. The lowest BCUT2D eigenvalue weighted by atomic mass is 10.2. The minimum Gasteiger partial charge on any atom is -0.497 e. The van der Waals surface area contributed by atoms with Gasteiger partial charge < -0.3 is 14.4 Å². The Kier molecular flexibility index (Phi) is 7.15. The molecule has 0 fully saturated rings. The van der Waals surface area contributed by atoms with Crippen molar-refractivity contribution in [3.8, 4) is 11.5 Å². The van der Waals surface area contributed by atoms with Gasteiger partial charge in [0.2, 0.25) is 15.9 Å². The number of amides is 1. The minimum absolute atomic E-state index is 0.263. The van der Waals surface area contributed by atoms with Crippen LogP contribution in [0.1, 0.15) is 5.56 Å². The van der Waals surface area contributed by atoms with Crippen LogP contribution in [-0.4, -0.2) is 53.3 Å². The lowest BCUT2D eigenvalue weighted by Gasteiger charge is -2.26. The first kappa shape index (κ1) is 21.8. The first-order valence-electron chi connectivity index (χ1n) is 8.34. The SMILES string of the molecule is COc1ccc(N(CC(=O)N(C)Cc2ccc(Cl)cc2)S(C)(=O)=O)c(OC)c1. The predicted octanol–water partition coefficient (Wildman–Crippen LogP) is 2.78. The Morgan fingerprint density at radius 3 is 2.25 bits per heavy atom. The lowest BCUT2D eigenvalue weighted by Crippen LogP contribution is -2.41. The molecule has 2 aromatic carbocycles. The molecule has 0 aliphatic rings. The fourth-order valence-corrected chi connectivity index (χ4v) is 3.55. The van der Waals surface area contributed by atoms with Crippen LogP contribution in [0.25, 0.3) is 0 Å². The second-order valence-corrected chi connectivity index (χ2v) is 8.53. The highest BCUT2D eigenvalue weighted by Crippen LogP contribution is 2.33. The molecule has 0 saturated carbocycles. The molecule has 9 heteroatoms. The number of anilines is 1. The van der Waals surface area contributed by atoms with Crippen molar-refractivity contribution >= 4 is 33.2 Å². The van der Waals surface area contributed by atoms with Crippen molar-refractivity contribution in [1.82, 2.24) is 4.90 Å². The van der Waals surface area contributed by atoms with Gasteiger partial charge in [-0.15, -0.1) is 0 Å². The third-order valence-electron chi connectivity index (χ3n) is 4.09. The van der Waals surface area contributed by atoms with Crippen LogP contribution in [0.4, 0.5) is 5.69 Å². The van der Waals surface area contributed by atoms with E-state index in [1.54, 1.807) is 37.4 Å². The Labute approximate surface area is 170 Å². The van der Waals surface area contributed by atoms with Gasteiger partial charge in [-0.3, -0.25) is 9.10 Å². The number of hydrogen-bond donors (Lipinski definition) is 0. The standard InChI is InChI=1S/C19H23ClN2O5S/c1-21(12-14-5-7-15(20)8-6-14)19(23)13-22(28(4,24)25)17-10-9-16(26-2)11-18(17)27-3/h5-11H,12-13H2,1-4H3. The zero-order valence-electron chi connectivity index (χ0n) is 16.2. The van der Waals surface area contributed by atoms with Crippen LogP contribution < -0.4 is 13.8 Å². The summed E-state index contributed by atoms with van der Waals surface area (Å²) < 4.78 is 36.2. The quantitative estimate of drug-likeness (QED) is 0.648. The molecule has 0 saturated heterocycles. The molecule has 0 heterocycles. The van der Waals surface area contributed by atoms with Gasteiger partial charge in [-0.1, -0.05) is 23.7 Å². The number of sulfonamides is 1. The highest BCUT2D eigenvalue weighted by atomic mass is 35.5. The molecule has 0 unspecified atom stereocenters. The van der Waals surface area contributed by atoms with Crippen LogP contribution >= 0.6 is 11.6 Å². The summed E-state index contributed by atoms with van der Waals surface area (Å²) in [5.41, 5.74) is 1.15. The second-order valence-electron chi connectivity index (χ2n) is 6.18. The predicted molar refractivity (Wildman–Crippen MR) is 110 cm³/mol. The van der Waals surface area contributed by atoms with E-state index in [0.717, 1.165) is 16.1 Å². The smallest absolute Gasteiger partial charge is 0.243 e. The first-order valence-corrected chi connectivity index (χ1v) is 10.6. The molecule has 0 aliphatic heterocycles. The second kappa shape index (κ2) is 9.16. The van der Waals surface area contributed by atoms with Gasteiger partial charge >= 0.3 is 0 Å². The molecular weight excluding hydrogens is 404 g/mol. The van der Waals surface area contributed by atoms with Gasteiger partial charge in [-0.2, -0.15) is 0 Å². The maximum Gasteiger partial charge on any atom is 0.243 e. The molecule has 0 aliphatic carbocycles. The van der Waals surface area contributed by atoms with Gasteiger partial charge in [0.15, 0.2) is 0 Å². The number of carbonyl (C=O) groups is 1. The average Bonchev–Trinajstić information content (AvgIpc) is 2.66. The van der Waals surface area contributed by atoms with E-state index in [0.29, 0.717) is 17.3 Å². The first-order chi connectivity index (χ1) is 13.2. The molecule has 2 rings (SSSR count). The van der Waals surface area contributed by atoms with Crippen LogP contribution in [0.5, 0.6) is 11.5 Å². The molecule has 1 amide bonds. The van der Waals surface area contributed by atoms with E-state index >= 15 is 0 Å². The minimum atomic E-state index is -3.73. The van der Waals surface area contributed by atoms with Crippen molar-refractivity contribution in [2.75, 3.05) is 38.4 Å². The van der Waals surface area contributed by atoms with E-state index in [1.807, 2.05) is 12.1 Å². The number of likely N-dealkylation sites (N-methyl/N-ethyl adjacent to an activating group) is 1. The van der Waals surface area contributed by atoms with E-state index in [1.165, 1.54) is 19.1 Å². The Morgan fingerprint density at radius 2 is 1.71 bits per heavy atom. The molecule has 2 aromatic rings. The normalized spacial score (nSPS) is 11.0. The summed E-state index contributed by atoms with van der Waals surface area (Å²) in [7, 11) is 0.806. The zero-order chi connectivity index (χ0) is 20.9. The van der Waals surface area contributed by atoms with Gasteiger partial charge in [0, 0.05) is 24.7 Å². The van der Waals surface area contributed by atoms with Crippen molar-refractivity contribution in [2.24, 2.45) is 0 Å². The molecule has 0 aromatic heterocycles. The number of ether oxygens (including phenoxy) is 2. The fourth-order valence-electron chi connectivity index (χ4n) is 2.57. The van der Waals surface area contributed by atoms with Crippen molar-refractivity contribution < 1.29 is 22.7 Å². The van der Waals surface area contributed by atoms with Crippen LogP contribution in [-0.2, 0) is 21.4 Å². The topological polar surface area (TPSA) is 76.2 Å². The van der Waals surface area contributed by atoms with Crippen molar-refractivity contribution in [3.63, 3.8) is 0 Å². The summed E-state index contributed by atoms with van der Waals surface area (Å²) in [5, 5.41) is 0.604. The van der Waals surface area contributed by atoms with E-state index in [-0.39, 0.29) is 23.9 Å². The molecule has 0 radical (unpaired) electrons. The number of methoxy groups -OCH3 is 2. The Bertz CT molecular complexity index is 932. The molecule has 0 N–H and O–H groups in total. The Balaban J connectivity index is 2.25. The summed E-state index contributed by atoms with van der Waals surface area (Å²) in [5.74, 6) is 0.441. The largest absolute Gasteiger partial charge is 0.497 e. The maximum absolute atomic E-state index is 12.7. The van der Waals surface area contributed by atoms with Crippen LogP contribution in [0, 0.1) is 0 Å². The molecule has 0 bridgehead atoms. The van der Waals surface area contributed by atoms with Gasteiger partial charge in [-0.25, -0.2) is 8.42 Å². The monoisotopic (exact) mass is 426 g/mol. The lowest BCUT2D eigenvalue weighted by molar-refractivity contribution is -0.128. The van der Waals surface area contributed by atoms with Crippen LogP contribution in [0.2, 0.25) is 5.02 Å². The maximum atomic E-state index is 12.7. The van der Waals surface area contributed by atoms with Gasteiger partial charge in [-0.05, 0) is 29.8 Å². The molecule has 0 atom stereocenters. The van der Waals surface area contributed by atoms with Crippen molar-refractivity contribution in [1.29, 1.82) is 0 Å². The van der Waals surface area contributed by atoms with Crippen molar-refractivity contribution in [2.45, 2.75) is 6.54 Å². The zero-order valence-corrected chi connectivity index (χ0v) is 17.7. The number of halogens is 1. The van der Waals surface area contributed by atoms with Gasteiger partial charge in [0.05, 0.1) is 26.2 Å². The van der Waals surface area contributed by atoms with E-state index < -0.39 is 10.0 Å². The number of nitrogens with zero attached hydrogens (tertiary/aromatic N) is 2. The summed E-state index contributed by atoms with van der Waals surface area (Å²) in [6.07, 6.45) is 1.04. The summed E-state index contributed by atoms with van der Waals surface area (Å²) in [4.78, 5) is 14.2. The summed E-state index contributed by atoms with van der Waals surface area (Å²) in [6, 6.07) is 11.8. The Morgan fingerprint density at radius 1 is 1.07 bits per heavy atom. The number of benzene rings is 2. The van der Waals surface area contributed by atoms with Crippen LogP contribution in [0.3, 0.4) is 0 Å². The van der Waals surface area contributed by atoms with Crippen LogP contribution in [0.15, 0.2) is 42.5 Å². The Hall–Kier alpha value is -2.45. The molecular formula is C19H23ClN2O5S. The number of carbonyl (C=O) groups excluding carboxylic acids is 1. The van der Waals surface area contributed by atoms with E-state index in [4.69, 9.17) is 21.1 Å². The number of rotatable bonds is 8. The molecule has 152 valence electrons. The van der Waals surface area contributed by atoms with E-state index in [9.17, 15) is 13.2 Å². The van der Waals surface area contributed by atoms with Gasteiger partial charge in [0.1, 0.15) is 18.0 Å². The van der Waals surface area contributed by atoms with E-state index in [2.05, 4.69) is 0 Å². The highest BCUT2D eigenvalue weighted by Gasteiger charge is 2.25. The molecule has 7 nitrogen and oxygen atoms in total. The van der Waals surface area contributed by atoms with Gasteiger partial charge in [0.25, 0.3) is 0 Å². The fraction of sp³-hybridized carbons (Fsp3) is 0.316. The molecule has 0 spiro atoms. The third kappa shape index (κ3) is 5.53. The highest BCUT2D eigenvalue weighted by molar-refractivity contribution is 7.92. The molecule has 28 heavy (non-hydrogen) atoms. The van der Waals surface area contributed by atoms with Crippen molar-refractivity contribution in [3.05, 3.63) is 53.1 Å².